The molecule has 0 unspecified atom stereocenters. The molecule has 0 aliphatic carbocycles. The number of carbonyl (C=O) groups is 1. The van der Waals surface area contributed by atoms with Gasteiger partial charge in [-0.2, -0.15) is 5.10 Å². The van der Waals surface area contributed by atoms with E-state index < -0.39 is 0 Å². The van der Waals surface area contributed by atoms with Crippen molar-refractivity contribution in [3.05, 3.63) is 35.1 Å². The molecule has 22 heavy (non-hydrogen) atoms. The van der Waals surface area contributed by atoms with Crippen molar-refractivity contribution in [2.75, 3.05) is 13.1 Å². The van der Waals surface area contributed by atoms with Gasteiger partial charge < -0.3 is 9.47 Å². The SMILES string of the molecule is Cc1cn(C)c([C@@H]2CCCN(C(=O)Cn3cc(Cl)cn3)C2)n1. The molecule has 2 aromatic heterocycles. The molecule has 2 aromatic rings. The summed E-state index contributed by atoms with van der Waals surface area (Å²) in [5.74, 6) is 1.45. The van der Waals surface area contributed by atoms with Crippen molar-refractivity contribution in [1.82, 2.24) is 24.2 Å². The number of carbonyl (C=O) groups excluding carboxylic acids is 1. The molecule has 1 fully saturated rings. The number of imidazole rings is 1. The van der Waals surface area contributed by atoms with Crippen LogP contribution in [-0.4, -0.2) is 43.2 Å². The number of aryl methyl sites for hydroxylation is 2. The van der Waals surface area contributed by atoms with Gasteiger partial charge in [-0.3, -0.25) is 9.48 Å². The Balaban J connectivity index is 1.67. The van der Waals surface area contributed by atoms with Crippen molar-refractivity contribution in [3.8, 4) is 0 Å². The Bertz CT molecular complexity index is 677. The lowest BCUT2D eigenvalue weighted by Crippen LogP contribution is -2.41. The molecule has 0 N–H and O–H groups in total. The minimum Gasteiger partial charge on any atom is -0.340 e. The molecular weight excluding hydrogens is 302 g/mol. The standard InChI is InChI=1S/C15H20ClN5O/c1-11-7-19(2)15(18-11)12-4-3-5-20(8-12)14(22)10-21-9-13(16)6-17-21/h6-7,9,12H,3-5,8,10H2,1-2H3/t12-/m1/s1. The molecule has 0 radical (unpaired) electrons. The molecule has 0 aromatic carbocycles. The Morgan fingerprint density at radius 1 is 1.45 bits per heavy atom. The first kappa shape index (κ1) is 15.1. The van der Waals surface area contributed by atoms with Crippen molar-refractivity contribution in [3.63, 3.8) is 0 Å². The predicted molar refractivity (Wildman–Crippen MR) is 83.7 cm³/mol. The van der Waals surface area contributed by atoms with E-state index in [4.69, 9.17) is 11.6 Å². The first-order chi connectivity index (χ1) is 10.5. The van der Waals surface area contributed by atoms with Crippen LogP contribution >= 0.6 is 11.6 Å². The zero-order chi connectivity index (χ0) is 15.7. The minimum absolute atomic E-state index is 0.0791. The Hall–Kier alpha value is -1.82. The largest absolute Gasteiger partial charge is 0.340 e. The number of nitrogens with zero attached hydrogens (tertiary/aromatic N) is 5. The van der Waals surface area contributed by atoms with Crippen molar-refractivity contribution >= 4 is 17.5 Å². The highest BCUT2D eigenvalue weighted by Crippen LogP contribution is 2.26. The van der Waals surface area contributed by atoms with E-state index in [1.807, 2.05) is 25.1 Å². The van der Waals surface area contributed by atoms with Gasteiger partial charge in [-0.15, -0.1) is 0 Å². The number of aromatic nitrogens is 4. The van der Waals surface area contributed by atoms with E-state index >= 15 is 0 Å². The lowest BCUT2D eigenvalue weighted by molar-refractivity contribution is -0.133. The summed E-state index contributed by atoms with van der Waals surface area (Å²) in [7, 11) is 2.02. The van der Waals surface area contributed by atoms with E-state index in [1.54, 1.807) is 17.1 Å². The average molecular weight is 322 g/mol. The van der Waals surface area contributed by atoms with Gasteiger partial charge in [-0.25, -0.2) is 4.98 Å². The smallest absolute Gasteiger partial charge is 0.244 e. The van der Waals surface area contributed by atoms with Crippen LogP contribution in [0.5, 0.6) is 0 Å². The molecule has 1 atom stereocenters. The van der Waals surface area contributed by atoms with Crippen LogP contribution in [0.2, 0.25) is 5.02 Å². The van der Waals surface area contributed by atoms with Crippen LogP contribution in [0.25, 0.3) is 0 Å². The molecule has 1 amide bonds. The zero-order valence-corrected chi connectivity index (χ0v) is 13.6. The fourth-order valence-electron chi connectivity index (χ4n) is 3.09. The summed E-state index contributed by atoms with van der Waals surface area (Å²) in [4.78, 5) is 19.0. The fraction of sp³-hybridized carbons (Fsp3) is 0.533. The lowest BCUT2D eigenvalue weighted by atomic mass is 9.97. The summed E-state index contributed by atoms with van der Waals surface area (Å²) in [5, 5.41) is 4.61. The summed E-state index contributed by atoms with van der Waals surface area (Å²) >= 11 is 5.83. The number of likely N-dealkylation sites (tertiary alicyclic amines) is 1. The normalized spacial score (nSPS) is 18.7. The molecule has 1 aliphatic heterocycles. The summed E-state index contributed by atoms with van der Waals surface area (Å²) in [6.07, 6.45) is 7.32. The highest BCUT2D eigenvalue weighted by atomic mass is 35.5. The molecule has 118 valence electrons. The topological polar surface area (TPSA) is 56.0 Å². The van der Waals surface area contributed by atoms with Crippen LogP contribution in [0.4, 0.5) is 0 Å². The summed E-state index contributed by atoms with van der Waals surface area (Å²) in [6, 6.07) is 0. The lowest BCUT2D eigenvalue weighted by Gasteiger charge is -2.32. The van der Waals surface area contributed by atoms with E-state index in [-0.39, 0.29) is 12.5 Å². The summed E-state index contributed by atoms with van der Waals surface area (Å²) < 4.78 is 3.65. The first-order valence-electron chi connectivity index (χ1n) is 7.48. The van der Waals surface area contributed by atoms with Gasteiger partial charge in [-0.05, 0) is 19.8 Å². The number of piperidine rings is 1. The van der Waals surface area contributed by atoms with Crippen LogP contribution in [-0.2, 0) is 18.4 Å². The number of amides is 1. The second-order valence-corrected chi connectivity index (χ2v) is 6.32. The molecule has 3 rings (SSSR count). The predicted octanol–water partition coefficient (Wildman–Crippen LogP) is 1.98. The van der Waals surface area contributed by atoms with E-state index in [2.05, 4.69) is 14.6 Å². The third kappa shape index (κ3) is 3.16. The van der Waals surface area contributed by atoms with Crippen LogP contribution in [0.15, 0.2) is 18.6 Å². The van der Waals surface area contributed by atoms with Crippen LogP contribution in [0.1, 0.15) is 30.3 Å². The number of hydrogen-bond acceptors (Lipinski definition) is 3. The molecule has 0 saturated carbocycles. The van der Waals surface area contributed by atoms with Crippen molar-refractivity contribution in [2.45, 2.75) is 32.2 Å². The van der Waals surface area contributed by atoms with Crippen LogP contribution < -0.4 is 0 Å². The average Bonchev–Trinajstić information content (AvgIpc) is 3.04. The van der Waals surface area contributed by atoms with E-state index in [9.17, 15) is 4.79 Å². The molecule has 1 saturated heterocycles. The van der Waals surface area contributed by atoms with Gasteiger partial charge in [0.05, 0.1) is 16.9 Å². The monoisotopic (exact) mass is 321 g/mol. The van der Waals surface area contributed by atoms with Gasteiger partial charge in [-0.1, -0.05) is 11.6 Å². The third-order valence-corrected chi connectivity index (χ3v) is 4.27. The summed E-state index contributed by atoms with van der Waals surface area (Å²) in [5.41, 5.74) is 1.02. The Labute approximate surface area is 134 Å². The second kappa shape index (κ2) is 6.12. The molecule has 0 spiro atoms. The maximum atomic E-state index is 12.4. The van der Waals surface area contributed by atoms with Gasteiger partial charge in [0.1, 0.15) is 12.4 Å². The van der Waals surface area contributed by atoms with Gasteiger partial charge in [0.25, 0.3) is 0 Å². The maximum absolute atomic E-state index is 12.4. The quantitative estimate of drug-likeness (QED) is 0.868. The van der Waals surface area contributed by atoms with Gasteiger partial charge in [0, 0.05) is 38.4 Å². The van der Waals surface area contributed by atoms with Gasteiger partial charge in [0.15, 0.2) is 0 Å². The Kier molecular flexibility index (Phi) is 4.20. The Morgan fingerprint density at radius 2 is 2.27 bits per heavy atom. The molecule has 1 aliphatic rings. The first-order valence-corrected chi connectivity index (χ1v) is 7.86. The fourth-order valence-corrected chi connectivity index (χ4v) is 3.25. The second-order valence-electron chi connectivity index (χ2n) is 5.89. The molecule has 7 heteroatoms. The highest BCUT2D eigenvalue weighted by molar-refractivity contribution is 6.30. The van der Waals surface area contributed by atoms with Crippen molar-refractivity contribution < 1.29 is 4.79 Å². The third-order valence-electron chi connectivity index (χ3n) is 4.07. The minimum atomic E-state index is 0.0791. The maximum Gasteiger partial charge on any atom is 0.244 e. The molecule has 3 heterocycles. The van der Waals surface area contributed by atoms with E-state index in [0.717, 1.165) is 37.4 Å². The van der Waals surface area contributed by atoms with Crippen LogP contribution in [0.3, 0.4) is 0 Å². The van der Waals surface area contributed by atoms with E-state index in [0.29, 0.717) is 10.9 Å². The van der Waals surface area contributed by atoms with Gasteiger partial charge in [0.2, 0.25) is 5.91 Å². The number of rotatable bonds is 3. The summed E-state index contributed by atoms with van der Waals surface area (Å²) in [6.45, 7) is 3.75. The molecule has 6 nitrogen and oxygen atoms in total. The molecule has 0 bridgehead atoms. The zero-order valence-electron chi connectivity index (χ0n) is 12.9. The van der Waals surface area contributed by atoms with Gasteiger partial charge >= 0.3 is 0 Å². The molecular formula is C15H20ClN5O. The Morgan fingerprint density at radius 3 is 2.91 bits per heavy atom. The van der Waals surface area contributed by atoms with Crippen molar-refractivity contribution in [2.24, 2.45) is 7.05 Å². The van der Waals surface area contributed by atoms with E-state index in [1.165, 1.54) is 0 Å². The number of halogens is 1. The van der Waals surface area contributed by atoms with Crippen molar-refractivity contribution in [1.29, 1.82) is 0 Å². The number of hydrogen-bond donors (Lipinski definition) is 0. The van der Waals surface area contributed by atoms with Crippen LogP contribution in [0, 0.1) is 6.92 Å². The highest BCUT2D eigenvalue weighted by Gasteiger charge is 2.27.